The summed E-state index contributed by atoms with van der Waals surface area (Å²) in [7, 11) is 1.70. The first-order valence-electron chi connectivity index (χ1n) is 5.02. The van der Waals surface area contributed by atoms with Crippen molar-refractivity contribution in [2.45, 2.75) is 6.42 Å². The van der Waals surface area contributed by atoms with E-state index in [1.165, 1.54) is 5.56 Å². The summed E-state index contributed by atoms with van der Waals surface area (Å²) >= 11 is 0. The molecule has 0 aromatic heterocycles. The van der Waals surface area contributed by atoms with Crippen LogP contribution in [0.2, 0.25) is 0 Å². The maximum atomic E-state index is 5.37. The molecule has 1 aromatic carbocycles. The van der Waals surface area contributed by atoms with Crippen LogP contribution in [0.15, 0.2) is 47.2 Å². The fourth-order valence-electron chi connectivity index (χ4n) is 2.09. The van der Waals surface area contributed by atoms with Crippen molar-refractivity contribution in [2.75, 3.05) is 7.11 Å². The van der Waals surface area contributed by atoms with E-state index in [0.717, 1.165) is 29.2 Å². The number of allylic oxidation sites excluding steroid dienone is 3. The van der Waals surface area contributed by atoms with Gasteiger partial charge in [0.1, 0.15) is 5.76 Å². The Hall–Kier alpha value is -1.83. The van der Waals surface area contributed by atoms with Gasteiger partial charge in [-0.3, -0.25) is 4.99 Å². The number of hydrogen-bond donors (Lipinski definition) is 0. The van der Waals surface area contributed by atoms with Gasteiger partial charge < -0.3 is 4.74 Å². The van der Waals surface area contributed by atoms with Gasteiger partial charge in [-0.05, 0) is 12.1 Å². The lowest BCUT2D eigenvalue weighted by atomic mass is 9.96. The van der Waals surface area contributed by atoms with Crippen LogP contribution in [0.25, 0.3) is 5.57 Å². The third kappa shape index (κ3) is 1.14. The van der Waals surface area contributed by atoms with Crippen LogP contribution in [0.1, 0.15) is 12.0 Å². The molecule has 1 aliphatic carbocycles. The summed E-state index contributed by atoms with van der Waals surface area (Å²) in [5.41, 5.74) is 4.53. The second-order valence-corrected chi connectivity index (χ2v) is 3.63. The summed E-state index contributed by atoms with van der Waals surface area (Å²) < 4.78 is 5.37. The summed E-state index contributed by atoms with van der Waals surface area (Å²) in [6.07, 6.45) is 5.01. The van der Waals surface area contributed by atoms with Crippen LogP contribution < -0.4 is 0 Å². The van der Waals surface area contributed by atoms with E-state index >= 15 is 0 Å². The van der Waals surface area contributed by atoms with Gasteiger partial charge in [-0.1, -0.05) is 24.3 Å². The number of hydrogen-bond acceptors (Lipinski definition) is 2. The van der Waals surface area contributed by atoms with Crippen LogP contribution in [0.4, 0.5) is 5.69 Å². The zero-order valence-electron chi connectivity index (χ0n) is 8.53. The monoisotopic (exact) mass is 197 g/mol. The van der Waals surface area contributed by atoms with Crippen LogP contribution in [0.5, 0.6) is 0 Å². The zero-order valence-corrected chi connectivity index (χ0v) is 8.53. The number of rotatable bonds is 1. The quantitative estimate of drug-likeness (QED) is 0.678. The highest BCUT2D eigenvalue weighted by molar-refractivity contribution is 6.30. The highest BCUT2D eigenvalue weighted by atomic mass is 16.5. The van der Waals surface area contributed by atoms with Crippen molar-refractivity contribution in [1.82, 2.24) is 0 Å². The maximum Gasteiger partial charge on any atom is 0.128 e. The molecule has 0 amide bonds. The van der Waals surface area contributed by atoms with Gasteiger partial charge in [0.15, 0.2) is 0 Å². The summed E-state index contributed by atoms with van der Waals surface area (Å²) in [5.74, 6) is 0.921. The van der Waals surface area contributed by atoms with Crippen LogP contribution in [0.3, 0.4) is 0 Å². The molecule has 0 radical (unpaired) electrons. The van der Waals surface area contributed by atoms with Crippen LogP contribution in [-0.2, 0) is 4.74 Å². The van der Waals surface area contributed by atoms with E-state index in [-0.39, 0.29) is 0 Å². The van der Waals surface area contributed by atoms with E-state index in [2.05, 4.69) is 17.1 Å². The highest BCUT2D eigenvalue weighted by Gasteiger charge is 2.24. The van der Waals surface area contributed by atoms with Crippen molar-refractivity contribution in [3.05, 3.63) is 47.7 Å². The Bertz CT molecular complexity index is 509. The molecule has 0 fully saturated rings. The molecule has 1 heterocycles. The molecule has 1 aromatic rings. The number of methoxy groups -OCH3 is 1. The number of nitrogens with zero attached hydrogens (tertiary/aromatic N) is 1. The normalized spacial score (nSPS) is 17.3. The number of ether oxygens (including phenoxy) is 1. The second kappa shape index (κ2) is 3.09. The van der Waals surface area contributed by atoms with Crippen molar-refractivity contribution in [2.24, 2.45) is 4.99 Å². The molecular formula is C13H11NO. The molecule has 0 saturated carbocycles. The first-order valence-corrected chi connectivity index (χ1v) is 5.02. The van der Waals surface area contributed by atoms with Crippen molar-refractivity contribution in [3.63, 3.8) is 0 Å². The van der Waals surface area contributed by atoms with E-state index in [4.69, 9.17) is 4.74 Å². The third-order valence-electron chi connectivity index (χ3n) is 2.76. The lowest BCUT2D eigenvalue weighted by Gasteiger charge is -2.12. The van der Waals surface area contributed by atoms with Gasteiger partial charge in [-0.15, -0.1) is 0 Å². The Labute approximate surface area is 88.6 Å². The fraction of sp³-hybridized carbons (Fsp3) is 0.154. The average Bonchev–Trinajstić information content (AvgIpc) is 2.67. The molecule has 0 atom stereocenters. The number of aliphatic imine (C=N–C) groups is 1. The smallest absolute Gasteiger partial charge is 0.128 e. The SMILES string of the molecule is COC1=C2C(=Nc3ccccc32)CC=C1. The first kappa shape index (κ1) is 8.48. The number of benzene rings is 1. The molecule has 1 aliphatic heterocycles. The molecule has 0 bridgehead atoms. The third-order valence-corrected chi connectivity index (χ3v) is 2.76. The average molecular weight is 197 g/mol. The van der Waals surface area contributed by atoms with E-state index in [9.17, 15) is 0 Å². The van der Waals surface area contributed by atoms with E-state index in [1.807, 2.05) is 24.3 Å². The van der Waals surface area contributed by atoms with Crippen molar-refractivity contribution < 1.29 is 4.74 Å². The topological polar surface area (TPSA) is 21.6 Å². The first-order chi connectivity index (χ1) is 7.40. The molecule has 2 aliphatic rings. The summed E-state index contributed by atoms with van der Waals surface area (Å²) in [4.78, 5) is 4.60. The van der Waals surface area contributed by atoms with Gasteiger partial charge in [0.05, 0.1) is 18.5 Å². The Morgan fingerprint density at radius 3 is 3.00 bits per heavy atom. The molecule has 0 spiro atoms. The lowest BCUT2D eigenvalue weighted by molar-refractivity contribution is 0.309. The van der Waals surface area contributed by atoms with Gasteiger partial charge in [0.25, 0.3) is 0 Å². The van der Waals surface area contributed by atoms with Crippen molar-refractivity contribution in [1.29, 1.82) is 0 Å². The second-order valence-electron chi connectivity index (χ2n) is 3.63. The van der Waals surface area contributed by atoms with Gasteiger partial charge >= 0.3 is 0 Å². The lowest BCUT2D eigenvalue weighted by Crippen LogP contribution is -2.04. The van der Waals surface area contributed by atoms with Crippen LogP contribution in [0, 0.1) is 0 Å². The fourth-order valence-corrected chi connectivity index (χ4v) is 2.09. The molecule has 0 saturated heterocycles. The highest BCUT2D eigenvalue weighted by Crippen LogP contribution is 2.39. The van der Waals surface area contributed by atoms with E-state index in [0.29, 0.717) is 0 Å². The Morgan fingerprint density at radius 2 is 2.13 bits per heavy atom. The van der Waals surface area contributed by atoms with Gasteiger partial charge in [-0.2, -0.15) is 0 Å². The standard InChI is InChI=1S/C13H11NO/c1-15-12-8-4-7-11-13(12)9-5-2-3-6-10(9)14-11/h2-6,8H,7H2,1H3. The number of fused-ring (bicyclic) bond motifs is 3. The molecule has 3 rings (SSSR count). The largest absolute Gasteiger partial charge is 0.496 e. The van der Waals surface area contributed by atoms with Gasteiger partial charge in [-0.25, -0.2) is 0 Å². The van der Waals surface area contributed by atoms with Crippen LogP contribution >= 0.6 is 0 Å². The van der Waals surface area contributed by atoms with Crippen LogP contribution in [-0.4, -0.2) is 12.8 Å². The number of para-hydroxylation sites is 1. The van der Waals surface area contributed by atoms with E-state index in [1.54, 1.807) is 7.11 Å². The Morgan fingerprint density at radius 1 is 1.27 bits per heavy atom. The minimum Gasteiger partial charge on any atom is -0.496 e. The zero-order chi connectivity index (χ0) is 10.3. The predicted octanol–water partition coefficient (Wildman–Crippen LogP) is 3.09. The van der Waals surface area contributed by atoms with Gasteiger partial charge in [0, 0.05) is 17.6 Å². The molecular weight excluding hydrogens is 186 g/mol. The summed E-state index contributed by atoms with van der Waals surface area (Å²) in [6, 6.07) is 8.19. The minimum atomic E-state index is 0.900. The molecule has 0 unspecified atom stereocenters. The Balaban J connectivity index is 2.27. The summed E-state index contributed by atoms with van der Waals surface area (Å²) in [6.45, 7) is 0. The minimum absolute atomic E-state index is 0.900. The molecule has 15 heavy (non-hydrogen) atoms. The van der Waals surface area contributed by atoms with Gasteiger partial charge in [0.2, 0.25) is 0 Å². The Kier molecular flexibility index (Phi) is 1.75. The molecule has 74 valence electrons. The summed E-state index contributed by atoms with van der Waals surface area (Å²) in [5, 5.41) is 0. The molecule has 0 N–H and O–H groups in total. The van der Waals surface area contributed by atoms with Crippen molar-refractivity contribution >= 4 is 17.0 Å². The predicted molar refractivity (Wildman–Crippen MR) is 61.2 cm³/mol. The maximum absolute atomic E-state index is 5.37. The van der Waals surface area contributed by atoms with E-state index < -0.39 is 0 Å². The molecule has 2 nitrogen and oxygen atoms in total. The molecule has 2 heteroatoms. The van der Waals surface area contributed by atoms with Crippen molar-refractivity contribution in [3.8, 4) is 0 Å².